The van der Waals surface area contributed by atoms with Crippen LogP contribution in [0.15, 0.2) is 48.8 Å². The van der Waals surface area contributed by atoms with Crippen LogP contribution in [0, 0.1) is 5.82 Å². The lowest BCUT2D eigenvalue weighted by Crippen LogP contribution is -2.28. The molecule has 0 saturated carbocycles. The third kappa shape index (κ3) is 5.14. The van der Waals surface area contributed by atoms with Crippen molar-refractivity contribution in [1.29, 1.82) is 0 Å². The first kappa shape index (κ1) is 18.6. The average molecular weight is 410 g/mol. The minimum atomic E-state index is -0.273. The number of halogens is 3. The van der Waals surface area contributed by atoms with Gasteiger partial charge in [0.25, 0.3) is 0 Å². The normalized spacial score (nSPS) is 10.6. The zero-order chi connectivity index (χ0) is 18.5. The summed E-state index contributed by atoms with van der Waals surface area (Å²) < 4.78 is 14.5. The molecule has 1 aromatic heterocycles. The van der Waals surface area contributed by atoms with Crippen molar-refractivity contribution < 1.29 is 4.39 Å². The SMILES string of the molecule is Fc1ccc(CNC(=S)Nc2ncn(Cc3ccc(Cl)cc3Cl)n2)cc1. The second kappa shape index (κ2) is 8.44. The van der Waals surface area contributed by atoms with Crippen LogP contribution in [-0.2, 0) is 13.1 Å². The molecule has 0 aliphatic heterocycles. The van der Waals surface area contributed by atoms with Crippen molar-refractivity contribution in [2.45, 2.75) is 13.1 Å². The minimum absolute atomic E-state index is 0.273. The molecule has 3 rings (SSSR count). The Labute approximate surface area is 165 Å². The maximum atomic E-state index is 12.9. The van der Waals surface area contributed by atoms with Crippen LogP contribution in [0.2, 0.25) is 10.0 Å². The van der Waals surface area contributed by atoms with Crippen LogP contribution < -0.4 is 10.6 Å². The summed E-state index contributed by atoms with van der Waals surface area (Å²) in [4.78, 5) is 4.16. The lowest BCUT2D eigenvalue weighted by Gasteiger charge is -2.08. The Morgan fingerprint density at radius 1 is 1.15 bits per heavy atom. The Hall–Kier alpha value is -2.22. The molecule has 2 aromatic carbocycles. The third-order valence-corrected chi connectivity index (χ3v) is 4.31. The molecule has 0 spiro atoms. The number of nitrogens with zero attached hydrogens (tertiary/aromatic N) is 3. The summed E-state index contributed by atoms with van der Waals surface area (Å²) >= 11 is 17.3. The lowest BCUT2D eigenvalue weighted by molar-refractivity contribution is 0.627. The molecular weight excluding hydrogens is 396 g/mol. The van der Waals surface area contributed by atoms with Crippen LogP contribution in [0.4, 0.5) is 10.3 Å². The van der Waals surface area contributed by atoms with Gasteiger partial charge in [-0.2, -0.15) is 0 Å². The van der Waals surface area contributed by atoms with Gasteiger partial charge in [-0.25, -0.2) is 14.1 Å². The lowest BCUT2D eigenvalue weighted by atomic mass is 10.2. The molecule has 1 heterocycles. The number of rotatable bonds is 5. The van der Waals surface area contributed by atoms with Gasteiger partial charge in [0.15, 0.2) is 5.11 Å². The smallest absolute Gasteiger partial charge is 0.248 e. The number of benzene rings is 2. The van der Waals surface area contributed by atoms with Crippen molar-refractivity contribution in [3.8, 4) is 0 Å². The van der Waals surface area contributed by atoms with E-state index in [1.54, 1.807) is 35.3 Å². The molecule has 9 heteroatoms. The van der Waals surface area contributed by atoms with Gasteiger partial charge >= 0.3 is 0 Å². The molecule has 0 amide bonds. The van der Waals surface area contributed by atoms with Gasteiger partial charge in [0, 0.05) is 16.6 Å². The van der Waals surface area contributed by atoms with E-state index in [1.165, 1.54) is 12.1 Å². The fourth-order valence-corrected chi connectivity index (χ4v) is 2.81. The highest BCUT2D eigenvalue weighted by atomic mass is 35.5. The Morgan fingerprint density at radius 2 is 1.92 bits per heavy atom. The highest BCUT2D eigenvalue weighted by molar-refractivity contribution is 7.80. The van der Waals surface area contributed by atoms with Crippen LogP contribution in [0.1, 0.15) is 11.1 Å². The molecule has 3 aromatic rings. The van der Waals surface area contributed by atoms with Gasteiger partial charge in [0.05, 0.1) is 6.54 Å². The number of nitrogens with one attached hydrogen (secondary N) is 2. The van der Waals surface area contributed by atoms with Crippen molar-refractivity contribution in [3.63, 3.8) is 0 Å². The van der Waals surface area contributed by atoms with Crippen molar-refractivity contribution in [2.75, 3.05) is 5.32 Å². The van der Waals surface area contributed by atoms with Gasteiger partial charge in [-0.15, -0.1) is 5.10 Å². The maximum Gasteiger partial charge on any atom is 0.248 e. The standard InChI is InChI=1S/C17H14Cl2FN5S/c18-13-4-3-12(15(19)7-13)9-25-10-22-16(24-25)23-17(26)21-8-11-1-5-14(20)6-2-11/h1-7,10H,8-9H2,(H2,21,23,24,26). The molecule has 0 aliphatic carbocycles. The fourth-order valence-electron chi connectivity index (χ4n) is 2.18. The average Bonchev–Trinajstić information content (AvgIpc) is 3.04. The van der Waals surface area contributed by atoms with Crippen molar-refractivity contribution in [2.24, 2.45) is 0 Å². The van der Waals surface area contributed by atoms with E-state index in [9.17, 15) is 4.39 Å². The molecule has 2 N–H and O–H groups in total. The van der Waals surface area contributed by atoms with Gasteiger partial charge in [0.2, 0.25) is 5.95 Å². The van der Waals surface area contributed by atoms with E-state index in [4.69, 9.17) is 35.4 Å². The summed E-state index contributed by atoms with van der Waals surface area (Å²) in [6, 6.07) is 11.5. The summed E-state index contributed by atoms with van der Waals surface area (Å²) in [6.07, 6.45) is 1.58. The van der Waals surface area contributed by atoms with Gasteiger partial charge in [-0.3, -0.25) is 5.32 Å². The second-order valence-corrected chi connectivity index (χ2v) is 6.69. The summed E-state index contributed by atoms with van der Waals surface area (Å²) in [7, 11) is 0. The van der Waals surface area contributed by atoms with E-state index in [0.717, 1.165) is 11.1 Å². The van der Waals surface area contributed by atoms with Gasteiger partial charge in [0.1, 0.15) is 12.1 Å². The molecule has 0 aliphatic rings. The number of hydrogen-bond donors (Lipinski definition) is 2. The summed E-state index contributed by atoms with van der Waals surface area (Å²) in [5.74, 6) is 0.0941. The van der Waals surface area contributed by atoms with E-state index in [0.29, 0.717) is 34.2 Å². The fraction of sp³-hybridized carbons (Fsp3) is 0.118. The van der Waals surface area contributed by atoms with Crippen molar-refractivity contribution in [1.82, 2.24) is 20.1 Å². The van der Waals surface area contributed by atoms with E-state index in [-0.39, 0.29) is 5.82 Å². The molecule has 5 nitrogen and oxygen atoms in total. The number of thiocarbonyl (C=S) groups is 1. The van der Waals surface area contributed by atoms with Crippen LogP contribution in [-0.4, -0.2) is 19.9 Å². The monoisotopic (exact) mass is 409 g/mol. The van der Waals surface area contributed by atoms with Gasteiger partial charge in [-0.05, 0) is 47.6 Å². The summed E-state index contributed by atoms with van der Waals surface area (Å²) in [5, 5.41) is 11.7. The number of aromatic nitrogens is 3. The second-order valence-electron chi connectivity index (χ2n) is 5.44. The highest BCUT2D eigenvalue weighted by Gasteiger charge is 2.07. The van der Waals surface area contributed by atoms with E-state index < -0.39 is 0 Å². The predicted molar refractivity (Wildman–Crippen MR) is 105 cm³/mol. The Kier molecular flexibility index (Phi) is 6.03. The van der Waals surface area contributed by atoms with Crippen LogP contribution in [0.3, 0.4) is 0 Å². The Balaban J connectivity index is 1.54. The topological polar surface area (TPSA) is 54.8 Å². The molecule has 0 saturated heterocycles. The zero-order valence-electron chi connectivity index (χ0n) is 13.4. The summed E-state index contributed by atoms with van der Waals surface area (Å²) in [6.45, 7) is 0.924. The predicted octanol–water partition coefficient (Wildman–Crippen LogP) is 4.26. The van der Waals surface area contributed by atoms with E-state index >= 15 is 0 Å². The van der Waals surface area contributed by atoms with Crippen molar-refractivity contribution in [3.05, 3.63) is 75.8 Å². The molecule has 134 valence electrons. The van der Waals surface area contributed by atoms with Crippen LogP contribution in [0.25, 0.3) is 0 Å². The Bertz CT molecular complexity index is 914. The third-order valence-electron chi connectivity index (χ3n) is 3.48. The number of hydrogen-bond acceptors (Lipinski definition) is 3. The molecule has 0 unspecified atom stereocenters. The maximum absolute atomic E-state index is 12.9. The molecule has 0 atom stereocenters. The first-order valence-corrected chi connectivity index (χ1v) is 8.79. The van der Waals surface area contributed by atoms with Crippen LogP contribution in [0.5, 0.6) is 0 Å². The number of anilines is 1. The first-order valence-electron chi connectivity index (χ1n) is 7.62. The molecule has 26 heavy (non-hydrogen) atoms. The van der Waals surface area contributed by atoms with Crippen LogP contribution >= 0.6 is 35.4 Å². The largest absolute Gasteiger partial charge is 0.358 e. The minimum Gasteiger partial charge on any atom is -0.358 e. The zero-order valence-corrected chi connectivity index (χ0v) is 15.7. The summed E-state index contributed by atoms with van der Waals surface area (Å²) in [5.41, 5.74) is 1.79. The van der Waals surface area contributed by atoms with Crippen molar-refractivity contribution >= 4 is 46.5 Å². The Morgan fingerprint density at radius 3 is 2.65 bits per heavy atom. The van der Waals surface area contributed by atoms with E-state index in [1.807, 2.05) is 6.07 Å². The van der Waals surface area contributed by atoms with Gasteiger partial charge in [-0.1, -0.05) is 41.4 Å². The quantitative estimate of drug-likeness (QED) is 0.616. The van der Waals surface area contributed by atoms with E-state index in [2.05, 4.69) is 20.7 Å². The first-order chi connectivity index (χ1) is 12.5. The molecular formula is C17H14Cl2FN5S. The molecule has 0 bridgehead atoms. The molecule has 0 radical (unpaired) electrons. The molecule has 0 fully saturated rings. The highest BCUT2D eigenvalue weighted by Crippen LogP contribution is 2.21. The van der Waals surface area contributed by atoms with Gasteiger partial charge < -0.3 is 5.32 Å².